The molecular weight excluding hydrogens is 314 g/mol. The average Bonchev–Trinajstić information content (AvgIpc) is 2.59. The molecule has 7 nitrogen and oxygen atoms in total. The van der Waals surface area contributed by atoms with E-state index in [2.05, 4.69) is 5.32 Å². The van der Waals surface area contributed by atoms with Crippen LogP contribution < -0.4 is 5.32 Å². The Labute approximate surface area is 141 Å². The fourth-order valence-electron chi connectivity index (χ4n) is 2.85. The number of hydrogen-bond acceptors (Lipinski definition) is 6. The minimum absolute atomic E-state index is 0.0280. The Morgan fingerprint density at radius 3 is 2.04 bits per heavy atom. The molecule has 2 N–H and O–H groups in total. The SMILES string of the molecule is CCC[C@@](NC(C)=O)(C(=O)OC)[C@@](O)(C(=O)OC)c1ccccc1. The molecule has 2 atom stereocenters. The van der Waals surface area contributed by atoms with Crippen molar-refractivity contribution in [3.63, 3.8) is 0 Å². The second-order valence-corrected chi connectivity index (χ2v) is 5.40. The van der Waals surface area contributed by atoms with Gasteiger partial charge in [-0.3, -0.25) is 4.79 Å². The lowest BCUT2D eigenvalue weighted by Gasteiger charge is -2.43. The van der Waals surface area contributed by atoms with Gasteiger partial charge in [0.15, 0.2) is 5.54 Å². The van der Waals surface area contributed by atoms with E-state index in [1.807, 2.05) is 0 Å². The normalized spacial score (nSPS) is 15.5. The summed E-state index contributed by atoms with van der Waals surface area (Å²) in [6, 6.07) is 7.85. The second kappa shape index (κ2) is 7.92. The lowest BCUT2D eigenvalue weighted by atomic mass is 9.71. The van der Waals surface area contributed by atoms with Gasteiger partial charge in [-0.1, -0.05) is 43.7 Å². The molecule has 0 aliphatic heterocycles. The Kier molecular flexibility index (Phi) is 6.48. The van der Waals surface area contributed by atoms with E-state index >= 15 is 0 Å². The Morgan fingerprint density at radius 1 is 1.08 bits per heavy atom. The van der Waals surface area contributed by atoms with E-state index in [0.717, 1.165) is 14.2 Å². The van der Waals surface area contributed by atoms with Crippen LogP contribution in [0.1, 0.15) is 32.3 Å². The van der Waals surface area contributed by atoms with Crippen LogP contribution in [0, 0.1) is 0 Å². The molecule has 7 heteroatoms. The smallest absolute Gasteiger partial charge is 0.345 e. The number of esters is 2. The predicted octanol–water partition coefficient (Wildman–Crippen LogP) is 0.895. The van der Waals surface area contributed by atoms with Gasteiger partial charge in [0.25, 0.3) is 0 Å². The first kappa shape index (κ1) is 19.6. The Balaban J connectivity index is 3.76. The zero-order valence-corrected chi connectivity index (χ0v) is 14.3. The van der Waals surface area contributed by atoms with Gasteiger partial charge in [0, 0.05) is 6.92 Å². The summed E-state index contributed by atoms with van der Waals surface area (Å²) in [6.45, 7) is 2.94. The van der Waals surface area contributed by atoms with Crippen LogP contribution in [0.15, 0.2) is 30.3 Å². The van der Waals surface area contributed by atoms with E-state index < -0.39 is 29.0 Å². The molecule has 1 rings (SSSR count). The third-order valence-corrected chi connectivity index (χ3v) is 3.84. The highest BCUT2D eigenvalue weighted by Gasteiger charge is 2.63. The molecule has 0 fully saturated rings. The standard InChI is InChI=1S/C17H23NO6/c1-5-11-16(14(20)23-3,18-12(2)19)17(22,15(21)24-4)13-9-7-6-8-10-13/h6-10,22H,5,11H2,1-4H3,(H,18,19)/t16-,17+/m1/s1. The molecule has 132 valence electrons. The van der Waals surface area contributed by atoms with Gasteiger partial charge in [0.05, 0.1) is 14.2 Å². The van der Waals surface area contributed by atoms with Crippen LogP contribution in [0.2, 0.25) is 0 Å². The molecule has 1 aromatic carbocycles. The van der Waals surface area contributed by atoms with Crippen molar-refractivity contribution in [1.82, 2.24) is 5.32 Å². The first-order valence-electron chi connectivity index (χ1n) is 7.53. The number of hydrogen-bond donors (Lipinski definition) is 2. The summed E-state index contributed by atoms with van der Waals surface area (Å²) in [5.74, 6) is -2.59. The van der Waals surface area contributed by atoms with Gasteiger partial charge in [0.1, 0.15) is 0 Å². The zero-order valence-electron chi connectivity index (χ0n) is 14.3. The van der Waals surface area contributed by atoms with Crippen molar-refractivity contribution in [2.75, 3.05) is 14.2 Å². The Hall–Kier alpha value is -2.41. The van der Waals surface area contributed by atoms with E-state index in [0.29, 0.717) is 6.42 Å². The molecule has 0 aliphatic carbocycles. The molecule has 0 heterocycles. The van der Waals surface area contributed by atoms with Gasteiger partial charge >= 0.3 is 11.9 Å². The predicted molar refractivity (Wildman–Crippen MR) is 85.8 cm³/mol. The van der Waals surface area contributed by atoms with Crippen molar-refractivity contribution in [3.8, 4) is 0 Å². The van der Waals surface area contributed by atoms with Crippen LogP contribution in [0.3, 0.4) is 0 Å². The maximum absolute atomic E-state index is 12.6. The summed E-state index contributed by atoms with van der Waals surface area (Å²) in [4.78, 5) is 36.9. The fourth-order valence-corrected chi connectivity index (χ4v) is 2.85. The average molecular weight is 337 g/mol. The number of aliphatic hydroxyl groups is 1. The number of nitrogens with one attached hydrogen (secondary N) is 1. The molecule has 1 aromatic rings. The van der Waals surface area contributed by atoms with Crippen molar-refractivity contribution < 1.29 is 29.0 Å². The summed E-state index contributed by atoms with van der Waals surface area (Å²) in [5, 5.41) is 13.8. The molecular formula is C17H23NO6. The minimum Gasteiger partial charge on any atom is -0.467 e. The van der Waals surface area contributed by atoms with Gasteiger partial charge in [-0.2, -0.15) is 0 Å². The number of carbonyl (C=O) groups excluding carboxylic acids is 3. The highest BCUT2D eigenvalue weighted by atomic mass is 16.5. The number of ether oxygens (including phenoxy) is 2. The van der Waals surface area contributed by atoms with Crippen LogP contribution in [0.4, 0.5) is 0 Å². The summed E-state index contributed by atoms with van der Waals surface area (Å²) in [5.41, 5.74) is -4.35. The van der Waals surface area contributed by atoms with E-state index in [9.17, 15) is 19.5 Å². The van der Waals surface area contributed by atoms with Crippen LogP contribution >= 0.6 is 0 Å². The monoisotopic (exact) mass is 337 g/mol. The molecule has 0 aromatic heterocycles. The van der Waals surface area contributed by atoms with Gasteiger partial charge in [-0.25, -0.2) is 9.59 Å². The maximum atomic E-state index is 12.6. The molecule has 0 unspecified atom stereocenters. The van der Waals surface area contributed by atoms with Gasteiger partial charge in [-0.05, 0) is 12.0 Å². The van der Waals surface area contributed by atoms with Crippen LogP contribution in [0.25, 0.3) is 0 Å². The van der Waals surface area contributed by atoms with E-state index in [1.165, 1.54) is 19.1 Å². The largest absolute Gasteiger partial charge is 0.467 e. The lowest BCUT2D eigenvalue weighted by molar-refractivity contribution is -0.188. The number of amides is 1. The van der Waals surface area contributed by atoms with Crippen molar-refractivity contribution in [2.24, 2.45) is 0 Å². The highest BCUT2D eigenvalue weighted by molar-refractivity contribution is 5.97. The fraction of sp³-hybridized carbons (Fsp3) is 0.471. The van der Waals surface area contributed by atoms with Crippen molar-refractivity contribution in [2.45, 2.75) is 37.8 Å². The second-order valence-electron chi connectivity index (χ2n) is 5.40. The Bertz CT molecular complexity index is 602. The van der Waals surface area contributed by atoms with E-state index in [4.69, 9.17) is 9.47 Å². The third-order valence-electron chi connectivity index (χ3n) is 3.84. The van der Waals surface area contributed by atoms with Crippen molar-refractivity contribution in [3.05, 3.63) is 35.9 Å². The number of benzene rings is 1. The number of carbonyl (C=O) groups is 3. The molecule has 0 radical (unpaired) electrons. The molecule has 0 spiro atoms. The van der Waals surface area contributed by atoms with E-state index in [1.54, 1.807) is 25.1 Å². The topological polar surface area (TPSA) is 102 Å². The molecule has 0 saturated heterocycles. The summed E-state index contributed by atoms with van der Waals surface area (Å²) < 4.78 is 9.56. The zero-order chi connectivity index (χ0) is 18.4. The number of methoxy groups -OCH3 is 2. The van der Waals surface area contributed by atoms with Gasteiger partial charge in [0.2, 0.25) is 11.5 Å². The van der Waals surface area contributed by atoms with Crippen LogP contribution in [0.5, 0.6) is 0 Å². The van der Waals surface area contributed by atoms with Gasteiger partial charge < -0.3 is 19.9 Å². The maximum Gasteiger partial charge on any atom is 0.345 e. The summed E-state index contributed by atoms with van der Waals surface area (Å²) in [6.07, 6.45) is 0.362. The summed E-state index contributed by atoms with van der Waals surface area (Å²) in [7, 11) is 2.22. The molecule has 24 heavy (non-hydrogen) atoms. The summed E-state index contributed by atoms with van der Waals surface area (Å²) >= 11 is 0. The first-order chi connectivity index (χ1) is 11.3. The van der Waals surface area contributed by atoms with Crippen molar-refractivity contribution >= 4 is 17.8 Å². The molecule has 0 bridgehead atoms. The van der Waals surface area contributed by atoms with Crippen LogP contribution in [-0.2, 0) is 29.5 Å². The first-order valence-corrected chi connectivity index (χ1v) is 7.53. The number of rotatable bonds is 7. The molecule has 0 aliphatic rings. The highest BCUT2D eigenvalue weighted by Crippen LogP contribution is 2.39. The Morgan fingerprint density at radius 2 is 1.62 bits per heavy atom. The van der Waals surface area contributed by atoms with E-state index in [-0.39, 0.29) is 12.0 Å². The quantitative estimate of drug-likeness (QED) is 0.717. The van der Waals surface area contributed by atoms with Crippen LogP contribution in [-0.4, -0.2) is 42.7 Å². The van der Waals surface area contributed by atoms with Gasteiger partial charge in [-0.15, -0.1) is 0 Å². The lowest BCUT2D eigenvalue weighted by Crippen LogP contribution is -2.70. The molecule has 0 saturated carbocycles. The van der Waals surface area contributed by atoms with Crippen molar-refractivity contribution in [1.29, 1.82) is 0 Å². The minimum atomic E-state index is -2.45. The third kappa shape index (κ3) is 3.26. The molecule has 1 amide bonds.